The van der Waals surface area contributed by atoms with E-state index in [-0.39, 0.29) is 0 Å². The summed E-state index contributed by atoms with van der Waals surface area (Å²) in [6.45, 7) is 0. The number of fused-ring (bicyclic) bond motifs is 1. The van der Waals surface area contributed by atoms with Gasteiger partial charge in [-0.25, -0.2) is 19.2 Å². The van der Waals surface area contributed by atoms with Crippen molar-refractivity contribution in [2.75, 3.05) is 7.11 Å². The van der Waals surface area contributed by atoms with Gasteiger partial charge in [0.15, 0.2) is 11.5 Å². The largest absolute Gasteiger partial charge is 0.481 e. The van der Waals surface area contributed by atoms with Gasteiger partial charge in [-0.3, -0.25) is 0 Å². The van der Waals surface area contributed by atoms with Crippen molar-refractivity contribution in [2.45, 2.75) is 0 Å². The van der Waals surface area contributed by atoms with E-state index in [1.807, 2.05) is 36.5 Å². The number of hydrogen-bond donors (Lipinski definition) is 0. The third-order valence-electron chi connectivity index (χ3n) is 3.33. The third-order valence-corrected chi connectivity index (χ3v) is 3.33. The molecule has 0 aromatic carbocycles. The van der Waals surface area contributed by atoms with E-state index in [1.54, 1.807) is 34.9 Å². The van der Waals surface area contributed by atoms with Gasteiger partial charge in [0.05, 0.1) is 24.6 Å². The third kappa shape index (κ3) is 1.91. The minimum atomic E-state index is 0.538. The maximum absolute atomic E-state index is 5.32. The number of aromatic nitrogens is 6. The minimum absolute atomic E-state index is 0.538. The summed E-state index contributed by atoms with van der Waals surface area (Å²) in [5.41, 5.74) is 2.40. The molecule has 0 fully saturated rings. The Hall–Kier alpha value is -3.22. The van der Waals surface area contributed by atoms with Crippen LogP contribution in [0.15, 0.2) is 55.1 Å². The molecular weight excluding hydrogens is 280 g/mol. The van der Waals surface area contributed by atoms with Crippen LogP contribution in [0.5, 0.6) is 5.88 Å². The molecule has 0 aliphatic heterocycles. The fraction of sp³-hybridized carbons (Fsp3) is 0.0667. The molecule has 0 bridgehead atoms. The Morgan fingerprint density at radius 1 is 1.05 bits per heavy atom. The highest BCUT2D eigenvalue weighted by Crippen LogP contribution is 2.27. The molecule has 0 N–H and O–H groups in total. The molecule has 0 unspecified atom stereocenters. The normalized spacial score (nSPS) is 11.0. The van der Waals surface area contributed by atoms with Gasteiger partial charge in [-0.2, -0.15) is 5.10 Å². The van der Waals surface area contributed by atoms with Gasteiger partial charge in [-0.1, -0.05) is 0 Å². The van der Waals surface area contributed by atoms with Gasteiger partial charge in [0.1, 0.15) is 0 Å². The number of imidazole rings is 1. The van der Waals surface area contributed by atoms with E-state index in [1.165, 1.54) is 0 Å². The maximum atomic E-state index is 5.32. The van der Waals surface area contributed by atoms with Gasteiger partial charge >= 0.3 is 0 Å². The van der Waals surface area contributed by atoms with Crippen LogP contribution in [0.2, 0.25) is 0 Å². The lowest BCUT2D eigenvalue weighted by molar-refractivity contribution is 0.399. The first-order valence-corrected chi connectivity index (χ1v) is 6.71. The average Bonchev–Trinajstić information content (AvgIpc) is 3.23. The van der Waals surface area contributed by atoms with Crippen LogP contribution in [0.1, 0.15) is 0 Å². The smallest absolute Gasteiger partial charge is 0.222 e. The van der Waals surface area contributed by atoms with Crippen LogP contribution < -0.4 is 4.74 Å². The lowest BCUT2D eigenvalue weighted by atomic mass is 10.2. The lowest BCUT2D eigenvalue weighted by Gasteiger charge is -2.07. The summed E-state index contributed by atoms with van der Waals surface area (Å²) in [4.78, 5) is 8.60. The highest BCUT2D eigenvalue weighted by atomic mass is 16.5. The van der Waals surface area contributed by atoms with Crippen molar-refractivity contribution in [1.82, 2.24) is 29.4 Å². The Morgan fingerprint density at radius 2 is 2.00 bits per heavy atom. The summed E-state index contributed by atoms with van der Waals surface area (Å²) < 4.78 is 8.78. The molecule has 7 nitrogen and oxygen atoms in total. The molecule has 0 atom stereocenters. The second-order valence-electron chi connectivity index (χ2n) is 4.62. The summed E-state index contributed by atoms with van der Waals surface area (Å²) in [6.07, 6.45) is 7.00. The number of hydrogen-bond acceptors (Lipinski definition) is 5. The van der Waals surface area contributed by atoms with Crippen LogP contribution in [-0.4, -0.2) is 36.5 Å². The number of nitrogens with zero attached hydrogens (tertiary/aromatic N) is 6. The maximum Gasteiger partial charge on any atom is 0.222 e. The lowest BCUT2D eigenvalue weighted by Crippen LogP contribution is -2.03. The van der Waals surface area contributed by atoms with Crippen molar-refractivity contribution in [3.8, 4) is 23.0 Å². The van der Waals surface area contributed by atoms with Gasteiger partial charge in [0.25, 0.3) is 0 Å². The van der Waals surface area contributed by atoms with Crippen molar-refractivity contribution in [3.63, 3.8) is 0 Å². The van der Waals surface area contributed by atoms with E-state index in [0.29, 0.717) is 11.7 Å². The van der Waals surface area contributed by atoms with Crippen molar-refractivity contribution in [3.05, 3.63) is 55.1 Å². The van der Waals surface area contributed by atoms with E-state index in [2.05, 4.69) is 20.2 Å². The fourth-order valence-electron chi connectivity index (χ4n) is 2.32. The van der Waals surface area contributed by atoms with Crippen LogP contribution in [-0.2, 0) is 0 Å². The van der Waals surface area contributed by atoms with Crippen molar-refractivity contribution < 1.29 is 4.74 Å². The predicted octanol–water partition coefficient (Wildman–Crippen LogP) is 1.99. The van der Waals surface area contributed by atoms with Crippen LogP contribution >= 0.6 is 0 Å². The SMILES string of the molecule is COc1ncccc1-c1cnc2ccc(-n3cccn3)nn12. The van der Waals surface area contributed by atoms with E-state index in [4.69, 9.17) is 4.74 Å². The van der Waals surface area contributed by atoms with Gasteiger partial charge in [0.2, 0.25) is 5.88 Å². The van der Waals surface area contributed by atoms with Gasteiger partial charge in [0, 0.05) is 18.6 Å². The average molecular weight is 292 g/mol. The molecule has 0 saturated carbocycles. The second kappa shape index (κ2) is 4.96. The van der Waals surface area contributed by atoms with Crippen LogP contribution in [0.3, 0.4) is 0 Å². The quantitative estimate of drug-likeness (QED) is 0.577. The van der Waals surface area contributed by atoms with Gasteiger partial charge in [-0.05, 0) is 30.3 Å². The number of rotatable bonds is 3. The molecule has 0 spiro atoms. The Bertz CT molecular complexity index is 928. The zero-order chi connectivity index (χ0) is 14.9. The first-order valence-electron chi connectivity index (χ1n) is 6.71. The highest BCUT2D eigenvalue weighted by Gasteiger charge is 2.13. The first kappa shape index (κ1) is 12.5. The molecule has 108 valence electrons. The molecule has 0 amide bonds. The van der Waals surface area contributed by atoms with E-state index >= 15 is 0 Å². The fourth-order valence-corrected chi connectivity index (χ4v) is 2.32. The molecule has 4 rings (SSSR count). The van der Waals surface area contributed by atoms with Crippen LogP contribution in [0, 0.1) is 0 Å². The number of pyridine rings is 1. The Morgan fingerprint density at radius 3 is 2.82 bits per heavy atom. The van der Waals surface area contributed by atoms with E-state index in [0.717, 1.165) is 16.9 Å². The Kier molecular flexibility index (Phi) is 2.82. The van der Waals surface area contributed by atoms with Gasteiger partial charge in [-0.15, -0.1) is 5.10 Å². The summed E-state index contributed by atoms with van der Waals surface area (Å²) in [7, 11) is 1.59. The van der Waals surface area contributed by atoms with E-state index in [9.17, 15) is 0 Å². The minimum Gasteiger partial charge on any atom is -0.481 e. The van der Waals surface area contributed by atoms with Crippen molar-refractivity contribution in [2.24, 2.45) is 0 Å². The molecule has 7 heteroatoms. The summed E-state index contributed by atoms with van der Waals surface area (Å²) in [5.74, 6) is 1.25. The van der Waals surface area contributed by atoms with Crippen molar-refractivity contribution >= 4 is 5.65 Å². The molecule has 4 heterocycles. The van der Waals surface area contributed by atoms with Crippen LogP contribution in [0.25, 0.3) is 22.7 Å². The zero-order valence-corrected chi connectivity index (χ0v) is 11.8. The molecule has 22 heavy (non-hydrogen) atoms. The molecule has 4 aromatic rings. The van der Waals surface area contributed by atoms with E-state index < -0.39 is 0 Å². The Labute approximate surface area is 125 Å². The van der Waals surface area contributed by atoms with Crippen LogP contribution in [0.4, 0.5) is 0 Å². The predicted molar refractivity (Wildman–Crippen MR) is 79.9 cm³/mol. The summed E-state index contributed by atoms with van der Waals surface area (Å²) >= 11 is 0. The molecule has 0 saturated heterocycles. The second-order valence-corrected chi connectivity index (χ2v) is 4.62. The van der Waals surface area contributed by atoms with Crippen molar-refractivity contribution in [1.29, 1.82) is 0 Å². The standard InChI is InChI=1S/C15H12N6O/c1-22-15-11(4-2-7-16-15)12-10-17-13-5-6-14(19-21(12)13)20-9-3-8-18-20/h2-10H,1H3. The monoisotopic (exact) mass is 292 g/mol. The summed E-state index contributed by atoms with van der Waals surface area (Å²) in [6, 6.07) is 9.41. The van der Waals surface area contributed by atoms with Gasteiger partial charge < -0.3 is 4.74 Å². The molecule has 0 aliphatic carbocycles. The number of ether oxygens (including phenoxy) is 1. The first-order chi connectivity index (χ1) is 10.9. The molecule has 0 radical (unpaired) electrons. The molecule has 4 aromatic heterocycles. The summed E-state index contributed by atoms with van der Waals surface area (Å²) in [5, 5.41) is 8.80. The zero-order valence-electron chi connectivity index (χ0n) is 11.8. The topological polar surface area (TPSA) is 70.1 Å². The highest BCUT2D eigenvalue weighted by molar-refractivity contribution is 5.67. The molecular formula is C15H12N6O. The Balaban J connectivity index is 1.93. The molecule has 0 aliphatic rings. The number of methoxy groups -OCH3 is 1.